The topological polar surface area (TPSA) is 44.9 Å². The first-order valence-corrected chi connectivity index (χ1v) is 10.6. The Labute approximate surface area is 179 Å². The van der Waals surface area contributed by atoms with Crippen molar-refractivity contribution >= 4 is 40.2 Å². The third-order valence-electron chi connectivity index (χ3n) is 4.81. The molecule has 1 atom stereocenters. The van der Waals surface area contributed by atoms with Gasteiger partial charge in [-0.25, -0.2) is 0 Å². The van der Waals surface area contributed by atoms with Gasteiger partial charge in [-0.05, 0) is 55.3 Å². The van der Waals surface area contributed by atoms with Crippen LogP contribution in [-0.4, -0.2) is 10.9 Å². The van der Waals surface area contributed by atoms with E-state index in [9.17, 15) is 4.79 Å². The van der Waals surface area contributed by atoms with E-state index in [2.05, 4.69) is 28.5 Å². The van der Waals surface area contributed by atoms with Gasteiger partial charge in [-0.3, -0.25) is 4.79 Å². The molecule has 1 amide bonds. The number of H-pyrrole nitrogens is 1. The molecule has 4 rings (SSSR count). The monoisotopic (exact) mass is 420 g/mol. The average Bonchev–Trinajstić information content (AvgIpc) is 3.07. The molecule has 4 aromatic rings. The molecule has 1 aromatic heterocycles. The van der Waals surface area contributed by atoms with Crippen LogP contribution in [0.1, 0.15) is 34.6 Å². The van der Waals surface area contributed by atoms with Crippen molar-refractivity contribution in [3.8, 4) is 0 Å². The van der Waals surface area contributed by atoms with Gasteiger partial charge in [-0.1, -0.05) is 65.8 Å². The summed E-state index contributed by atoms with van der Waals surface area (Å²) in [6.07, 6.45) is 0. The number of rotatable bonds is 5. The zero-order valence-corrected chi connectivity index (χ0v) is 17.8. The molecule has 0 radical (unpaired) electrons. The van der Waals surface area contributed by atoms with Crippen molar-refractivity contribution in [1.29, 1.82) is 0 Å². The minimum absolute atomic E-state index is 0.0924. The lowest BCUT2D eigenvalue weighted by Crippen LogP contribution is -2.27. The van der Waals surface area contributed by atoms with Crippen LogP contribution >= 0.6 is 23.4 Å². The molecule has 0 bridgehead atoms. The second-order valence-corrected chi connectivity index (χ2v) is 8.56. The largest absolute Gasteiger partial charge is 0.350 e. The number of aromatic amines is 1. The number of nitrogens with one attached hydrogen (secondary N) is 2. The summed E-state index contributed by atoms with van der Waals surface area (Å²) in [6, 6.07) is 23.7. The second kappa shape index (κ2) is 8.36. The van der Waals surface area contributed by atoms with E-state index in [0.717, 1.165) is 31.8 Å². The fraction of sp³-hybridized carbons (Fsp3) is 0.125. The number of carbonyl (C=O) groups excluding carboxylic acids is 1. The maximum Gasteiger partial charge on any atom is 0.269 e. The Morgan fingerprint density at radius 3 is 2.48 bits per heavy atom. The minimum Gasteiger partial charge on any atom is -0.350 e. The SMILES string of the molecule is Cc1ccc2c(Sc3ccc(Cl)cc3)c(C(=O)N[C@H](C)c3ccccc3)[nH]c2c1. The van der Waals surface area contributed by atoms with Crippen LogP contribution < -0.4 is 5.32 Å². The summed E-state index contributed by atoms with van der Waals surface area (Å²) < 4.78 is 0. The fourth-order valence-corrected chi connectivity index (χ4v) is 4.43. The molecule has 3 aromatic carbocycles. The number of fused-ring (bicyclic) bond motifs is 1. The third-order valence-corrected chi connectivity index (χ3v) is 6.20. The number of halogens is 1. The molecule has 0 spiro atoms. The van der Waals surface area contributed by atoms with E-state index >= 15 is 0 Å². The summed E-state index contributed by atoms with van der Waals surface area (Å²) in [5, 5.41) is 4.85. The Morgan fingerprint density at radius 1 is 1.03 bits per heavy atom. The third kappa shape index (κ3) is 4.34. The van der Waals surface area contributed by atoms with Gasteiger partial charge in [-0.2, -0.15) is 0 Å². The molecule has 146 valence electrons. The lowest BCUT2D eigenvalue weighted by molar-refractivity contribution is 0.0932. The Kier molecular flexibility index (Phi) is 5.65. The smallest absolute Gasteiger partial charge is 0.269 e. The van der Waals surface area contributed by atoms with Crippen molar-refractivity contribution < 1.29 is 4.79 Å². The lowest BCUT2D eigenvalue weighted by atomic mass is 10.1. The van der Waals surface area contributed by atoms with Crippen LogP contribution in [0.5, 0.6) is 0 Å². The van der Waals surface area contributed by atoms with Gasteiger partial charge >= 0.3 is 0 Å². The number of carbonyl (C=O) groups is 1. The predicted octanol–water partition coefficient (Wildman–Crippen LogP) is 6.77. The van der Waals surface area contributed by atoms with Crippen LogP contribution in [0.4, 0.5) is 0 Å². The molecule has 0 unspecified atom stereocenters. The van der Waals surface area contributed by atoms with Crippen LogP contribution in [-0.2, 0) is 0 Å². The molecule has 2 N–H and O–H groups in total. The summed E-state index contributed by atoms with van der Waals surface area (Å²) in [4.78, 5) is 18.5. The standard InChI is InChI=1S/C24H21ClN2OS/c1-15-8-13-20-21(14-15)27-22(23(20)29-19-11-9-18(25)10-12-19)24(28)26-16(2)17-6-4-3-5-7-17/h3-14,16,27H,1-2H3,(H,26,28)/t16-/m1/s1. The summed E-state index contributed by atoms with van der Waals surface area (Å²) in [7, 11) is 0. The number of amides is 1. The van der Waals surface area contributed by atoms with Gasteiger partial charge in [0.05, 0.1) is 10.9 Å². The van der Waals surface area contributed by atoms with E-state index in [0.29, 0.717) is 10.7 Å². The van der Waals surface area contributed by atoms with E-state index in [-0.39, 0.29) is 11.9 Å². The van der Waals surface area contributed by atoms with Crippen molar-refractivity contribution in [1.82, 2.24) is 10.3 Å². The van der Waals surface area contributed by atoms with Crippen LogP contribution in [0.25, 0.3) is 10.9 Å². The Hall–Kier alpha value is -2.69. The van der Waals surface area contributed by atoms with Gasteiger partial charge in [-0.15, -0.1) is 0 Å². The van der Waals surface area contributed by atoms with E-state index in [1.807, 2.05) is 68.4 Å². The minimum atomic E-state index is -0.119. The number of aryl methyl sites for hydroxylation is 1. The van der Waals surface area contributed by atoms with Crippen molar-refractivity contribution in [3.05, 3.63) is 94.6 Å². The molecule has 0 aliphatic carbocycles. The normalized spacial score (nSPS) is 12.1. The summed E-state index contributed by atoms with van der Waals surface area (Å²) >= 11 is 7.59. The van der Waals surface area contributed by atoms with Crippen LogP contribution in [0.3, 0.4) is 0 Å². The van der Waals surface area contributed by atoms with Crippen molar-refractivity contribution in [2.24, 2.45) is 0 Å². The molecule has 0 saturated heterocycles. The number of benzene rings is 3. The first kappa shape index (κ1) is 19.6. The van der Waals surface area contributed by atoms with E-state index < -0.39 is 0 Å². The average molecular weight is 421 g/mol. The zero-order valence-electron chi connectivity index (χ0n) is 16.2. The Bertz CT molecular complexity index is 1150. The molecule has 1 heterocycles. The molecule has 5 heteroatoms. The number of hydrogen-bond donors (Lipinski definition) is 2. The van der Waals surface area contributed by atoms with Gasteiger partial charge in [0, 0.05) is 20.8 Å². The predicted molar refractivity (Wildman–Crippen MR) is 121 cm³/mol. The van der Waals surface area contributed by atoms with Gasteiger partial charge < -0.3 is 10.3 Å². The molecule has 0 aliphatic heterocycles. The first-order chi connectivity index (χ1) is 14.0. The van der Waals surface area contributed by atoms with E-state index in [4.69, 9.17) is 11.6 Å². The van der Waals surface area contributed by atoms with Gasteiger partial charge in [0.25, 0.3) is 5.91 Å². The fourth-order valence-electron chi connectivity index (χ4n) is 3.27. The van der Waals surface area contributed by atoms with Gasteiger partial charge in [0.15, 0.2) is 0 Å². The van der Waals surface area contributed by atoms with E-state index in [1.165, 1.54) is 0 Å². The molecular weight excluding hydrogens is 400 g/mol. The molecule has 29 heavy (non-hydrogen) atoms. The molecule has 0 fully saturated rings. The quantitative estimate of drug-likeness (QED) is 0.374. The highest BCUT2D eigenvalue weighted by Gasteiger charge is 2.21. The maximum atomic E-state index is 13.2. The highest BCUT2D eigenvalue weighted by molar-refractivity contribution is 7.99. The Morgan fingerprint density at radius 2 is 1.76 bits per heavy atom. The molecule has 0 saturated carbocycles. The van der Waals surface area contributed by atoms with Crippen LogP contribution in [0.2, 0.25) is 5.02 Å². The van der Waals surface area contributed by atoms with Crippen molar-refractivity contribution in [3.63, 3.8) is 0 Å². The Balaban J connectivity index is 1.70. The summed E-state index contributed by atoms with van der Waals surface area (Å²) in [5.41, 5.74) is 3.75. The number of aromatic nitrogens is 1. The number of hydrogen-bond acceptors (Lipinski definition) is 2. The van der Waals surface area contributed by atoms with Gasteiger partial charge in [0.2, 0.25) is 0 Å². The van der Waals surface area contributed by atoms with E-state index in [1.54, 1.807) is 11.8 Å². The maximum absolute atomic E-state index is 13.2. The second-order valence-electron chi connectivity index (χ2n) is 7.04. The van der Waals surface area contributed by atoms with Crippen LogP contribution in [0, 0.1) is 6.92 Å². The molecular formula is C24H21ClN2OS. The highest BCUT2D eigenvalue weighted by Crippen LogP contribution is 2.37. The lowest BCUT2D eigenvalue weighted by Gasteiger charge is -2.14. The van der Waals surface area contributed by atoms with Crippen molar-refractivity contribution in [2.45, 2.75) is 29.7 Å². The molecule has 0 aliphatic rings. The van der Waals surface area contributed by atoms with Crippen LogP contribution in [0.15, 0.2) is 82.6 Å². The van der Waals surface area contributed by atoms with Gasteiger partial charge in [0.1, 0.15) is 5.69 Å². The molecule has 3 nitrogen and oxygen atoms in total. The zero-order chi connectivity index (χ0) is 20.4. The summed E-state index contributed by atoms with van der Waals surface area (Å²) in [6.45, 7) is 4.04. The summed E-state index contributed by atoms with van der Waals surface area (Å²) in [5.74, 6) is -0.119. The first-order valence-electron chi connectivity index (χ1n) is 9.43. The van der Waals surface area contributed by atoms with Crippen molar-refractivity contribution in [2.75, 3.05) is 0 Å². The highest BCUT2D eigenvalue weighted by atomic mass is 35.5.